The monoisotopic (exact) mass is 409 g/mol. The van der Waals surface area contributed by atoms with Crippen LogP contribution in [0.1, 0.15) is 56.5 Å². The first-order valence-corrected chi connectivity index (χ1v) is 10.1. The number of hydrogen-bond donors (Lipinski definition) is 2. The molecule has 0 spiro atoms. The van der Waals surface area contributed by atoms with Gasteiger partial charge in [-0.1, -0.05) is 26.0 Å². The molecule has 6 nitrogen and oxygen atoms in total. The molecule has 0 fully saturated rings. The van der Waals surface area contributed by atoms with E-state index in [9.17, 15) is 10.1 Å². The summed E-state index contributed by atoms with van der Waals surface area (Å²) in [5.74, 6) is 1.53. The predicted molar refractivity (Wildman–Crippen MR) is 118 cm³/mol. The minimum absolute atomic E-state index is 0.0411. The van der Waals surface area contributed by atoms with Crippen LogP contribution in [0.25, 0.3) is 0 Å². The maximum absolute atomic E-state index is 13.0. The van der Waals surface area contributed by atoms with Gasteiger partial charge >= 0.3 is 0 Å². The number of para-hydroxylation sites is 1. The van der Waals surface area contributed by atoms with Crippen LogP contribution in [-0.4, -0.2) is 24.6 Å². The SMILES string of the molecule is COc1cc(Oc2ccccc2C#N)ccc1C(=O)NC(CC(C)C)CC(C)(C)N. The molecular formula is C24H31N3O3. The zero-order chi connectivity index (χ0) is 22.3. The van der Waals surface area contributed by atoms with Gasteiger partial charge in [0.2, 0.25) is 0 Å². The Morgan fingerprint density at radius 3 is 2.50 bits per heavy atom. The lowest BCUT2D eigenvalue weighted by molar-refractivity contribution is 0.0922. The number of methoxy groups -OCH3 is 1. The second-order valence-corrected chi connectivity index (χ2v) is 8.56. The van der Waals surface area contributed by atoms with Crippen LogP contribution in [0.3, 0.4) is 0 Å². The number of nitrogens with one attached hydrogen (secondary N) is 1. The lowest BCUT2D eigenvalue weighted by atomic mass is 9.91. The van der Waals surface area contributed by atoms with Crippen LogP contribution in [0.5, 0.6) is 17.2 Å². The summed E-state index contributed by atoms with van der Waals surface area (Å²) in [5.41, 5.74) is 6.65. The molecule has 0 bridgehead atoms. The summed E-state index contributed by atoms with van der Waals surface area (Å²) in [7, 11) is 1.51. The number of carbonyl (C=O) groups excluding carboxylic acids is 1. The number of carbonyl (C=O) groups is 1. The van der Waals surface area contributed by atoms with Gasteiger partial charge < -0.3 is 20.5 Å². The van der Waals surface area contributed by atoms with E-state index in [1.165, 1.54) is 7.11 Å². The Hall–Kier alpha value is -3.04. The highest BCUT2D eigenvalue weighted by molar-refractivity contribution is 5.97. The summed E-state index contributed by atoms with van der Waals surface area (Å²) in [5, 5.41) is 12.3. The van der Waals surface area contributed by atoms with E-state index < -0.39 is 0 Å². The number of nitrogens with zero attached hydrogens (tertiary/aromatic N) is 1. The highest BCUT2D eigenvalue weighted by atomic mass is 16.5. The quantitative estimate of drug-likeness (QED) is 0.629. The summed E-state index contributed by atoms with van der Waals surface area (Å²) in [6.07, 6.45) is 1.51. The number of hydrogen-bond acceptors (Lipinski definition) is 5. The van der Waals surface area contributed by atoms with E-state index in [-0.39, 0.29) is 17.5 Å². The molecule has 0 aliphatic rings. The Labute approximate surface area is 179 Å². The predicted octanol–water partition coefficient (Wildman–Crippen LogP) is 4.63. The largest absolute Gasteiger partial charge is 0.496 e. The van der Waals surface area contributed by atoms with Crippen LogP contribution in [0.2, 0.25) is 0 Å². The van der Waals surface area contributed by atoms with Crippen molar-refractivity contribution < 1.29 is 14.3 Å². The molecule has 160 valence electrons. The van der Waals surface area contributed by atoms with E-state index in [4.69, 9.17) is 15.2 Å². The van der Waals surface area contributed by atoms with Gasteiger partial charge in [0.05, 0.1) is 18.2 Å². The third kappa shape index (κ3) is 6.78. The molecule has 6 heteroatoms. The van der Waals surface area contributed by atoms with Crippen molar-refractivity contribution in [3.05, 3.63) is 53.6 Å². The topological polar surface area (TPSA) is 97.4 Å². The fourth-order valence-corrected chi connectivity index (χ4v) is 3.36. The Morgan fingerprint density at radius 1 is 1.20 bits per heavy atom. The number of nitrogens with two attached hydrogens (primary N) is 1. The summed E-state index contributed by atoms with van der Waals surface area (Å²) in [4.78, 5) is 13.0. The fourth-order valence-electron chi connectivity index (χ4n) is 3.36. The minimum atomic E-state index is -0.386. The van der Waals surface area contributed by atoms with Crippen LogP contribution in [0.15, 0.2) is 42.5 Å². The molecule has 0 aromatic heterocycles. The van der Waals surface area contributed by atoms with Gasteiger partial charge in [0.15, 0.2) is 0 Å². The third-order valence-corrected chi connectivity index (χ3v) is 4.52. The zero-order valence-corrected chi connectivity index (χ0v) is 18.4. The van der Waals surface area contributed by atoms with Crippen molar-refractivity contribution in [3.63, 3.8) is 0 Å². The molecule has 0 heterocycles. The summed E-state index contributed by atoms with van der Waals surface area (Å²) < 4.78 is 11.3. The second-order valence-electron chi connectivity index (χ2n) is 8.56. The van der Waals surface area contributed by atoms with Crippen molar-refractivity contribution in [2.24, 2.45) is 11.7 Å². The number of ether oxygens (including phenoxy) is 2. The molecule has 0 aliphatic heterocycles. The molecule has 1 unspecified atom stereocenters. The van der Waals surface area contributed by atoms with E-state index in [2.05, 4.69) is 25.2 Å². The summed E-state index contributed by atoms with van der Waals surface area (Å²) in [6.45, 7) is 8.15. The molecule has 2 rings (SSSR count). The van der Waals surface area contributed by atoms with Gasteiger partial charge in [0, 0.05) is 17.6 Å². The standard InChI is InChI=1S/C24H31N3O3/c1-16(2)12-18(14-24(3,4)26)27-23(28)20-11-10-19(13-22(20)29-5)30-21-9-7-6-8-17(21)15-25/h6-11,13,16,18H,12,14,26H2,1-5H3,(H,27,28). The molecule has 1 atom stereocenters. The third-order valence-electron chi connectivity index (χ3n) is 4.52. The van der Waals surface area contributed by atoms with E-state index in [1.54, 1.807) is 42.5 Å². The summed E-state index contributed by atoms with van der Waals surface area (Å²) in [6, 6.07) is 14.0. The fraction of sp³-hybridized carbons (Fsp3) is 0.417. The highest BCUT2D eigenvalue weighted by Crippen LogP contribution is 2.30. The van der Waals surface area contributed by atoms with E-state index in [1.807, 2.05) is 13.8 Å². The Balaban J connectivity index is 2.22. The van der Waals surface area contributed by atoms with Gasteiger partial charge in [0.25, 0.3) is 5.91 Å². The first-order valence-electron chi connectivity index (χ1n) is 10.1. The van der Waals surface area contributed by atoms with Crippen molar-refractivity contribution in [3.8, 4) is 23.3 Å². The smallest absolute Gasteiger partial charge is 0.255 e. The van der Waals surface area contributed by atoms with Crippen molar-refractivity contribution in [2.45, 2.75) is 52.1 Å². The van der Waals surface area contributed by atoms with Gasteiger partial charge in [-0.2, -0.15) is 5.26 Å². The second kappa shape index (κ2) is 10.1. The highest BCUT2D eigenvalue weighted by Gasteiger charge is 2.23. The molecular weight excluding hydrogens is 378 g/mol. The number of amides is 1. The number of rotatable bonds is 9. The first-order chi connectivity index (χ1) is 14.1. The van der Waals surface area contributed by atoms with Gasteiger partial charge in [-0.3, -0.25) is 4.79 Å². The average molecular weight is 410 g/mol. The zero-order valence-electron chi connectivity index (χ0n) is 18.4. The molecule has 0 saturated carbocycles. The molecule has 3 N–H and O–H groups in total. The van der Waals surface area contributed by atoms with Gasteiger partial charge in [-0.15, -0.1) is 0 Å². The van der Waals surface area contributed by atoms with Crippen molar-refractivity contribution >= 4 is 5.91 Å². The first kappa shape index (κ1) is 23.2. The molecule has 30 heavy (non-hydrogen) atoms. The molecule has 0 radical (unpaired) electrons. The maximum Gasteiger partial charge on any atom is 0.255 e. The van der Waals surface area contributed by atoms with Crippen LogP contribution >= 0.6 is 0 Å². The molecule has 0 aliphatic carbocycles. The van der Waals surface area contributed by atoms with Crippen LogP contribution in [0.4, 0.5) is 0 Å². The Morgan fingerprint density at radius 2 is 1.90 bits per heavy atom. The number of benzene rings is 2. The Bertz CT molecular complexity index is 911. The molecule has 0 saturated heterocycles. The van der Waals surface area contributed by atoms with Crippen LogP contribution in [-0.2, 0) is 0 Å². The van der Waals surface area contributed by atoms with Crippen molar-refractivity contribution in [1.29, 1.82) is 5.26 Å². The van der Waals surface area contributed by atoms with E-state index in [0.717, 1.165) is 6.42 Å². The minimum Gasteiger partial charge on any atom is -0.496 e. The van der Waals surface area contributed by atoms with E-state index in [0.29, 0.717) is 40.7 Å². The lowest BCUT2D eigenvalue weighted by Crippen LogP contribution is -2.44. The normalized spacial score (nSPS) is 12.2. The van der Waals surface area contributed by atoms with Crippen molar-refractivity contribution in [1.82, 2.24) is 5.32 Å². The van der Waals surface area contributed by atoms with Gasteiger partial charge in [-0.05, 0) is 56.9 Å². The molecule has 1 amide bonds. The van der Waals surface area contributed by atoms with Gasteiger partial charge in [0.1, 0.15) is 23.3 Å². The average Bonchev–Trinajstić information content (AvgIpc) is 2.66. The lowest BCUT2D eigenvalue weighted by Gasteiger charge is -2.28. The van der Waals surface area contributed by atoms with Crippen LogP contribution < -0.4 is 20.5 Å². The van der Waals surface area contributed by atoms with Crippen molar-refractivity contribution in [2.75, 3.05) is 7.11 Å². The van der Waals surface area contributed by atoms with E-state index >= 15 is 0 Å². The number of nitriles is 1. The molecule has 2 aromatic carbocycles. The Kier molecular flexibility index (Phi) is 7.85. The summed E-state index contributed by atoms with van der Waals surface area (Å²) >= 11 is 0. The molecule has 2 aromatic rings. The van der Waals surface area contributed by atoms with Crippen LogP contribution in [0, 0.1) is 17.2 Å². The maximum atomic E-state index is 13.0. The van der Waals surface area contributed by atoms with Gasteiger partial charge in [-0.25, -0.2) is 0 Å².